The van der Waals surface area contributed by atoms with Crippen LogP contribution in [0.15, 0.2) is 22.7 Å². The van der Waals surface area contributed by atoms with E-state index in [1.165, 1.54) is 0 Å². The van der Waals surface area contributed by atoms with Crippen molar-refractivity contribution in [2.24, 2.45) is 0 Å². The summed E-state index contributed by atoms with van der Waals surface area (Å²) in [7, 11) is 0. The predicted octanol–water partition coefficient (Wildman–Crippen LogP) is 4.33. The number of ether oxygens (including phenoxy) is 1. The maximum absolute atomic E-state index is 13.0. The zero-order valence-corrected chi connectivity index (χ0v) is 12.6. The van der Waals surface area contributed by atoms with Gasteiger partial charge in [0.1, 0.15) is 5.75 Å². The van der Waals surface area contributed by atoms with E-state index < -0.39 is 5.92 Å². The molecule has 0 aliphatic heterocycles. The van der Waals surface area contributed by atoms with Crippen LogP contribution in [0.3, 0.4) is 0 Å². The molecule has 1 aliphatic carbocycles. The summed E-state index contributed by atoms with van der Waals surface area (Å²) < 4.78 is 43.1. The van der Waals surface area contributed by atoms with E-state index in [1.807, 2.05) is 12.1 Å². The molecule has 1 saturated carbocycles. The molecule has 1 aliphatic rings. The molecule has 0 atom stereocenters. The van der Waals surface area contributed by atoms with Crippen LogP contribution in [0.5, 0.6) is 5.75 Å². The number of rotatable bonds is 4. The molecule has 0 N–H and O–H groups in total. The molecular weight excluding hydrogens is 338 g/mol. The third-order valence-corrected chi connectivity index (χ3v) is 4.25. The van der Waals surface area contributed by atoms with Crippen LogP contribution >= 0.6 is 15.9 Å². The van der Waals surface area contributed by atoms with Crippen molar-refractivity contribution < 1.29 is 17.7 Å². The quantitative estimate of drug-likeness (QED) is 0.754. The third kappa shape index (κ3) is 4.18. The highest BCUT2D eigenvalue weighted by Crippen LogP contribution is 2.36. The van der Waals surface area contributed by atoms with E-state index in [2.05, 4.69) is 15.9 Å². The van der Waals surface area contributed by atoms with Gasteiger partial charge in [0.25, 0.3) is 5.75 Å². The Morgan fingerprint density at radius 2 is 2.05 bits per heavy atom. The fraction of sp³-hybridized carbons (Fsp3) is 0.538. The lowest BCUT2D eigenvalue weighted by Gasteiger charge is -2.29. The standard InChI is InChI=1S/C13H14BrF2O2S/c14-11-7-9(8-19-17)1-2-12(11)18-10-3-5-13(15,16)6-4-10/h1-2,7,10H,3-6,8H2/q+1. The van der Waals surface area contributed by atoms with Crippen molar-refractivity contribution in [3.63, 3.8) is 0 Å². The van der Waals surface area contributed by atoms with Crippen molar-refractivity contribution in [3.8, 4) is 5.75 Å². The van der Waals surface area contributed by atoms with E-state index >= 15 is 0 Å². The average molecular weight is 352 g/mol. The van der Waals surface area contributed by atoms with Gasteiger partial charge in [-0.25, -0.2) is 8.78 Å². The van der Waals surface area contributed by atoms with Crippen LogP contribution in [0.4, 0.5) is 8.78 Å². The molecule has 1 aromatic rings. The van der Waals surface area contributed by atoms with E-state index in [-0.39, 0.29) is 18.9 Å². The fourth-order valence-corrected chi connectivity index (χ4v) is 2.94. The molecule has 1 fully saturated rings. The average Bonchev–Trinajstić information content (AvgIpc) is 2.35. The molecule has 0 aromatic heterocycles. The molecule has 0 amide bonds. The highest BCUT2D eigenvalue weighted by atomic mass is 79.9. The second-order valence-electron chi connectivity index (χ2n) is 4.70. The first kappa shape index (κ1) is 14.8. The van der Waals surface area contributed by atoms with E-state index in [0.717, 1.165) is 10.0 Å². The van der Waals surface area contributed by atoms with Crippen LogP contribution in [-0.4, -0.2) is 12.0 Å². The normalized spacial score (nSPS) is 19.1. The molecule has 0 saturated heterocycles. The number of alkyl halides is 2. The summed E-state index contributed by atoms with van der Waals surface area (Å²) in [6.07, 6.45) is 0.367. The molecule has 0 unspecified atom stereocenters. The Hall–Kier alpha value is -0.620. The highest BCUT2D eigenvalue weighted by Gasteiger charge is 2.35. The number of hydrogen-bond acceptors (Lipinski definition) is 2. The van der Waals surface area contributed by atoms with E-state index in [1.54, 1.807) is 6.07 Å². The van der Waals surface area contributed by atoms with E-state index in [0.29, 0.717) is 36.0 Å². The Kier molecular flexibility index (Phi) is 4.84. The molecular formula is C13H14BrF2O2S+. The lowest BCUT2D eigenvalue weighted by atomic mass is 9.94. The van der Waals surface area contributed by atoms with Crippen LogP contribution in [0, 0.1) is 0 Å². The molecule has 2 rings (SSSR count). The van der Waals surface area contributed by atoms with Crippen molar-refractivity contribution in [1.82, 2.24) is 0 Å². The minimum Gasteiger partial charge on any atom is -0.489 e. The van der Waals surface area contributed by atoms with Gasteiger partial charge in [-0.1, -0.05) is 0 Å². The Bertz CT molecular complexity index is 458. The maximum atomic E-state index is 13.0. The predicted molar refractivity (Wildman–Crippen MR) is 73.7 cm³/mol. The van der Waals surface area contributed by atoms with Gasteiger partial charge in [-0.2, -0.15) is 0 Å². The van der Waals surface area contributed by atoms with Crippen LogP contribution in [0.1, 0.15) is 31.2 Å². The maximum Gasteiger partial charge on any atom is 0.463 e. The van der Waals surface area contributed by atoms with Gasteiger partial charge in [-0.3, -0.25) is 0 Å². The minimum absolute atomic E-state index is 0.111. The molecule has 0 bridgehead atoms. The Labute approximate surface area is 123 Å². The number of benzene rings is 1. The minimum atomic E-state index is -2.54. The van der Waals surface area contributed by atoms with Gasteiger partial charge in [-0.15, -0.1) is 0 Å². The van der Waals surface area contributed by atoms with E-state index in [4.69, 9.17) is 4.74 Å². The zero-order valence-electron chi connectivity index (χ0n) is 10.2. The first-order chi connectivity index (χ1) is 9.00. The van der Waals surface area contributed by atoms with Crippen molar-refractivity contribution in [2.75, 3.05) is 0 Å². The first-order valence-electron chi connectivity index (χ1n) is 6.08. The lowest BCUT2D eigenvalue weighted by molar-refractivity contribution is -0.0583. The molecule has 1 aromatic carbocycles. The summed E-state index contributed by atoms with van der Waals surface area (Å²) in [5.41, 5.74) is 0.911. The smallest absolute Gasteiger partial charge is 0.463 e. The van der Waals surface area contributed by atoms with Gasteiger partial charge in [0, 0.05) is 22.6 Å². The van der Waals surface area contributed by atoms with Crippen molar-refractivity contribution in [2.45, 2.75) is 43.5 Å². The molecule has 0 radical (unpaired) electrons. The molecule has 2 nitrogen and oxygen atoms in total. The fourth-order valence-electron chi connectivity index (χ4n) is 2.11. The summed E-state index contributed by atoms with van der Waals surface area (Å²) in [5.74, 6) is -1.49. The lowest BCUT2D eigenvalue weighted by Crippen LogP contribution is -2.30. The van der Waals surface area contributed by atoms with Crippen molar-refractivity contribution in [3.05, 3.63) is 28.2 Å². The first-order valence-corrected chi connectivity index (χ1v) is 7.78. The SMILES string of the molecule is O=[S+]Cc1ccc(OC2CCC(F)(F)CC2)c(Br)c1. The van der Waals surface area contributed by atoms with Gasteiger partial charge < -0.3 is 4.74 Å². The Balaban J connectivity index is 1.98. The second-order valence-corrected chi connectivity index (χ2v) is 6.08. The second kappa shape index (κ2) is 6.22. The van der Waals surface area contributed by atoms with E-state index in [9.17, 15) is 13.0 Å². The number of hydrogen-bond donors (Lipinski definition) is 0. The van der Waals surface area contributed by atoms with Crippen LogP contribution in [0.2, 0.25) is 0 Å². The highest BCUT2D eigenvalue weighted by molar-refractivity contribution is 9.10. The molecule has 19 heavy (non-hydrogen) atoms. The number of halogens is 3. The monoisotopic (exact) mass is 351 g/mol. The summed E-state index contributed by atoms with van der Waals surface area (Å²) in [4.78, 5) is 0. The molecule has 0 heterocycles. The zero-order chi connectivity index (χ0) is 13.9. The topological polar surface area (TPSA) is 26.3 Å². The molecule has 6 heteroatoms. The summed E-state index contributed by atoms with van der Waals surface area (Å²) in [6.45, 7) is 0. The van der Waals surface area contributed by atoms with Crippen molar-refractivity contribution in [1.29, 1.82) is 0 Å². The summed E-state index contributed by atoms with van der Waals surface area (Å²) >= 11 is 3.89. The van der Waals surface area contributed by atoms with Crippen LogP contribution in [-0.2, 0) is 21.6 Å². The Morgan fingerprint density at radius 1 is 1.37 bits per heavy atom. The Morgan fingerprint density at radius 3 is 2.63 bits per heavy atom. The largest absolute Gasteiger partial charge is 0.489 e. The molecule has 104 valence electrons. The van der Waals surface area contributed by atoms with Crippen LogP contribution < -0.4 is 4.74 Å². The van der Waals surface area contributed by atoms with Gasteiger partial charge in [0.05, 0.1) is 10.6 Å². The van der Waals surface area contributed by atoms with Gasteiger partial charge in [0.15, 0.2) is 0 Å². The summed E-state index contributed by atoms with van der Waals surface area (Å²) in [6, 6.07) is 5.43. The van der Waals surface area contributed by atoms with Crippen LogP contribution in [0.25, 0.3) is 0 Å². The summed E-state index contributed by atoms with van der Waals surface area (Å²) in [5, 5.41) is 0. The van der Waals surface area contributed by atoms with Gasteiger partial charge in [-0.05, 0) is 47.0 Å². The third-order valence-electron chi connectivity index (χ3n) is 3.18. The molecule has 0 spiro atoms. The van der Waals surface area contributed by atoms with Gasteiger partial charge >= 0.3 is 11.7 Å². The van der Waals surface area contributed by atoms with Crippen molar-refractivity contribution >= 4 is 27.6 Å². The van der Waals surface area contributed by atoms with Gasteiger partial charge in [0.2, 0.25) is 5.92 Å².